The number of aliphatic hydroxyl groups is 1. The lowest BCUT2D eigenvalue weighted by atomic mass is 9.46. The summed E-state index contributed by atoms with van der Waals surface area (Å²) in [7, 11) is 0. The molecule has 1 saturated heterocycles. The Labute approximate surface area is 151 Å². The normalized spacial score (nSPS) is 54.5. The van der Waals surface area contributed by atoms with Gasteiger partial charge in [-0.2, -0.15) is 0 Å². The van der Waals surface area contributed by atoms with Crippen LogP contribution in [0.3, 0.4) is 0 Å². The van der Waals surface area contributed by atoms with E-state index in [0.717, 1.165) is 43.9 Å². The highest BCUT2D eigenvalue weighted by Crippen LogP contribution is 2.69. The fourth-order valence-electron chi connectivity index (χ4n) is 8.00. The van der Waals surface area contributed by atoms with Gasteiger partial charge in [-0.15, -0.1) is 0 Å². The summed E-state index contributed by atoms with van der Waals surface area (Å²) in [4.78, 5) is 11.9. The van der Waals surface area contributed by atoms with Crippen molar-refractivity contribution >= 4 is 5.97 Å². The standard InChI is InChI=1S/C22H32O3/c1-20-9-5-15(23)13-14(20)3-4-16-17(20)6-10-21(2)18(16)7-11-22(21)12-8-19(24)25-22/h13,15-18,23H,3-12H2,1-2H3/t15-,16+,17+,18-,20-,21+,22+/m1/s1. The molecule has 0 aromatic rings. The summed E-state index contributed by atoms with van der Waals surface area (Å²) in [5, 5.41) is 10.1. The second kappa shape index (κ2) is 5.12. The van der Waals surface area contributed by atoms with E-state index in [1.54, 1.807) is 0 Å². The van der Waals surface area contributed by atoms with E-state index in [4.69, 9.17) is 4.74 Å². The molecular formula is C22H32O3. The Morgan fingerprint density at radius 3 is 2.56 bits per heavy atom. The number of allylic oxidation sites excluding steroid dienone is 1. The van der Waals surface area contributed by atoms with Crippen molar-refractivity contribution in [3.8, 4) is 0 Å². The van der Waals surface area contributed by atoms with E-state index in [1.807, 2.05) is 0 Å². The van der Waals surface area contributed by atoms with Crippen LogP contribution in [0, 0.1) is 28.6 Å². The zero-order valence-corrected chi connectivity index (χ0v) is 15.7. The molecule has 4 aliphatic carbocycles. The van der Waals surface area contributed by atoms with Crippen molar-refractivity contribution in [2.45, 2.75) is 89.8 Å². The molecule has 3 nitrogen and oxygen atoms in total. The van der Waals surface area contributed by atoms with E-state index < -0.39 is 0 Å². The van der Waals surface area contributed by atoms with Gasteiger partial charge in [-0.05, 0) is 81.0 Å². The number of rotatable bonds is 0. The van der Waals surface area contributed by atoms with Crippen LogP contribution >= 0.6 is 0 Å². The Kier molecular flexibility index (Phi) is 3.35. The largest absolute Gasteiger partial charge is 0.458 e. The maximum atomic E-state index is 11.9. The van der Waals surface area contributed by atoms with Crippen LogP contribution in [0.2, 0.25) is 0 Å². The van der Waals surface area contributed by atoms with Crippen LogP contribution in [0.15, 0.2) is 11.6 Å². The summed E-state index contributed by atoms with van der Waals surface area (Å²) < 4.78 is 6.02. The zero-order chi connectivity index (χ0) is 17.4. The summed E-state index contributed by atoms with van der Waals surface area (Å²) in [6.45, 7) is 4.92. The Hall–Kier alpha value is -0.830. The van der Waals surface area contributed by atoms with Gasteiger partial charge in [-0.3, -0.25) is 4.79 Å². The highest BCUT2D eigenvalue weighted by atomic mass is 16.6. The molecule has 25 heavy (non-hydrogen) atoms. The van der Waals surface area contributed by atoms with Crippen molar-refractivity contribution in [2.75, 3.05) is 0 Å². The Morgan fingerprint density at radius 1 is 1.00 bits per heavy atom. The van der Waals surface area contributed by atoms with Crippen LogP contribution < -0.4 is 0 Å². The van der Waals surface area contributed by atoms with Crippen molar-refractivity contribution in [3.63, 3.8) is 0 Å². The lowest BCUT2D eigenvalue weighted by Gasteiger charge is -2.59. The molecule has 3 saturated carbocycles. The first kappa shape index (κ1) is 16.4. The summed E-state index contributed by atoms with van der Waals surface area (Å²) in [5.74, 6) is 2.27. The second-order valence-corrected chi connectivity index (χ2v) is 10.1. The van der Waals surface area contributed by atoms with Crippen LogP contribution in [0.25, 0.3) is 0 Å². The van der Waals surface area contributed by atoms with E-state index >= 15 is 0 Å². The Balaban J connectivity index is 1.48. The third-order valence-corrected chi connectivity index (χ3v) is 9.42. The summed E-state index contributed by atoms with van der Waals surface area (Å²) in [5.41, 5.74) is 1.87. The fraction of sp³-hybridized carbons (Fsp3) is 0.864. The van der Waals surface area contributed by atoms with Gasteiger partial charge in [0.05, 0.1) is 6.10 Å². The minimum atomic E-state index is -0.221. The van der Waals surface area contributed by atoms with Crippen molar-refractivity contribution < 1.29 is 14.6 Å². The molecule has 0 radical (unpaired) electrons. The van der Waals surface area contributed by atoms with Gasteiger partial charge in [0.25, 0.3) is 0 Å². The second-order valence-electron chi connectivity index (χ2n) is 10.1. The van der Waals surface area contributed by atoms with E-state index in [-0.39, 0.29) is 23.1 Å². The summed E-state index contributed by atoms with van der Waals surface area (Å²) in [6, 6.07) is 0. The maximum absolute atomic E-state index is 11.9. The van der Waals surface area contributed by atoms with Gasteiger partial charge in [0.2, 0.25) is 0 Å². The molecule has 1 spiro atoms. The minimum absolute atomic E-state index is 0.0334. The van der Waals surface area contributed by atoms with Gasteiger partial charge in [-0.1, -0.05) is 25.5 Å². The van der Waals surface area contributed by atoms with E-state index in [0.29, 0.717) is 17.8 Å². The van der Waals surface area contributed by atoms with Gasteiger partial charge in [0.15, 0.2) is 0 Å². The SMILES string of the molecule is C[C@]12CC[C@H]3[C@H](CCC4=C[C@H](O)CC[C@]43C)[C@H]1CC[C@]21CCC(=O)O1. The number of aliphatic hydroxyl groups excluding tert-OH is 1. The first-order valence-corrected chi connectivity index (χ1v) is 10.5. The van der Waals surface area contributed by atoms with Crippen LogP contribution in [-0.2, 0) is 9.53 Å². The molecule has 0 amide bonds. The smallest absolute Gasteiger partial charge is 0.306 e. The molecule has 4 fully saturated rings. The maximum Gasteiger partial charge on any atom is 0.306 e. The van der Waals surface area contributed by atoms with Crippen molar-refractivity contribution in [3.05, 3.63) is 11.6 Å². The monoisotopic (exact) mass is 344 g/mol. The molecule has 138 valence electrons. The number of carbonyl (C=O) groups excluding carboxylic acids is 1. The lowest BCUT2D eigenvalue weighted by Crippen LogP contribution is -2.54. The number of ether oxygens (including phenoxy) is 1. The van der Waals surface area contributed by atoms with Crippen LogP contribution in [-0.4, -0.2) is 22.8 Å². The molecule has 7 atom stereocenters. The quantitative estimate of drug-likeness (QED) is 0.524. The van der Waals surface area contributed by atoms with E-state index in [9.17, 15) is 9.90 Å². The highest BCUT2D eigenvalue weighted by molar-refractivity contribution is 5.72. The predicted molar refractivity (Wildman–Crippen MR) is 95.8 cm³/mol. The molecule has 0 bridgehead atoms. The number of fused-ring (bicyclic) bond motifs is 6. The molecule has 0 aromatic heterocycles. The Morgan fingerprint density at radius 2 is 1.80 bits per heavy atom. The third kappa shape index (κ3) is 1.99. The minimum Gasteiger partial charge on any atom is -0.458 e. The van der Waals surface area contributed by atoms with Crippen LogP contribution in [0.5, 0.6) is 0 Å². The van der Waals surface area contributed by atoms with Gasteiger partial charge >= 0.3 is 5.97 Å². The number of hydrogen-bond acceptors (Lipinski definition) is 3. The third-order valence-electron chi connectivity index (χ3n) is 9.42. The average Bonchev–Trinajstić information content (AvgIpc) is 3.10. The molecular weight excluding hydrogens is 312 g/mol. The lowest BCUT2D eigenvalue weighted by molar-refractivity contribution is -0.168. The molecule has 5 aliphatic rings. The molecule has 1 aliphatic heterocycles. The van der Waals surface area contributed by atoms with E-state index in [2.05, 4.69) is 19.9 Å². The van der Waals surface area contributed by atoms with E-state index in [1.165, 1.54) is 31.3 Å². The summed E-state index contributed by atoms with van der Waals surface area (Å²) >= 11 is 0. The number of esters is 1. The predicted octanol–water partition coefficient (Wildman–Crippen LogP) is 4.39. The molecule has 1 heterocycles. The average molecular weight is 344 g/mol. The first-order valence-electron chi connectivity index (χ1n) is 10.5. The molecule has 0 unspecified atom stereocenters. The molecule has 0 aromatic carbocycles. The number of carbonyl (C=O) groups is 1. The van der Waals surface area contributed by atoms with Gasteiger partial charge in [0, 0.05) is 11.8 Å². The van der Waals surface area contributed by atoms with Crippen molar-refractivity contribution in [2.24, 2.45) is 28.6 Å². The highest BCUT2D eigenvalue weighted by Gasteiger charge is 2.66. The van der Waals surface area contributed by atoms with Gasteiger partial charge in [0.1, 0.15) is 5.60 Å². The fourth-order valence-corrected chi connectivity index (χ4v) is 8.00. The molecule has 3 heteroatoms. The van der Waals surface area contributed by atoms with Gasteiger partial charge in [-0.25, -0.2) is 0 Å². The Bertz CT molecular complexity index is 639. The van der Waals surface area contributed by atoms with Crippen molar-refractivity contribution in [1.29, 1.82) is 0 Å². The van der Waals surface area contributed by atoms with Crippen LogP contribution in [0.4, 0.5) is 0 Å². The topological polar surface area (TPSA) is 46.5 Å². The first-order chi connectivity index (χ1) is 11.9. The zero-order valence-electron chi connectivity index (χ0n) is 15.7. The number of hydrogen-bond donors (Lipinski definition) is 1. The van der Waals surface area contributed by atoms with Crippen molar-refractivity contribution in [1.82, 2.24) is 0 Å². The van der Waals surface area contributed by atoms with Crippen LogP contribution in [0.1, 0.15) is 78.1 Å². The molecule has 5 rings (SSSR count). The molecule has 1 N–H and O–H groups in total. The van der Waals surface area contributed by atoms with Gasteiger partial charge < -0.3 is 9.84 Å². The summed E-state index contributed by atoms with van der Waals surface area (Å²) in [6.07, 6.45) is 12.8.